The minimum atomic E-state index is -4.09. The van der Waals surface area contributed by atoms with Crippen molar-refractivity contribution in [1.82, 2.24) is 0 Å². The van der Waals surface area contributed by atoms with Crippen LogP contribution in [0.2, 0.25) is 0 Å². The van der Waals surface area contributed by atoms with E-state index in [-0.39, 0.29) is 28.9 Å². The fourth-order valence-corrected chi connectivity index (χ4v) is 5.08. The van der Waals surface area contributed by atoms with E-state index in [0.717, 1.165) is 5.56 Å². The lowest BCUT2D eigenvalue weighted by atomic mass is 10.1. The second-order valence-electron chi connectivity index (χ2n) is 7.81. The van der Waals surface area contributed by atoms with Crippen molar-refractivity contribution in [1.29, 1.82) is 0 Å². The predicted molar refractivity (Wildman–Crippen MR) is 139 cm³/mol. The molecule has 0 radical (unpaired) electrons. The van der Waals surface area contributed by atoms with Crippen LogP contribution in [-0.2, 0) is 14.9 Å². The van der Waals surface area contributed by atoms with Gasteiger partial charge in [0.2, 0.25) is 0 Å². The van der Waals surface area contributed by atoms with Gasteiger partial charge in [-0.25, -0.2) is 0 Å². The quantitative estimate of drug-likeness (QED) is 0.275. The molecule has 3 aromatic rings. The molecule has 0 atom stereocenters. The van der Waals surface area contributed by atoms with Gasteiger partial charge in [-0.2, -0.15) is 18.5 Å². The van der Waals surface area contributed by atoms with Gasteiger partial charge in [-0.3, -0.25) is 4.79 Å². The van der Waals surface area contributed by atoms with E-state index in [1.54, 1.807) is 44.2 Å². The average Bonchev–Trinajstić information content (AvgIpc) is 3.10. The highest BCUT2D eigenvalue weighted by Gasteiger charge is 2.29. The third-order valence-corrected chi connectivity index (χ3v) is 7.03. The number of halogens is 1. The highest BCUT2D eigenvalue weighted by Crippen LogP contribution is 2.39. The summed E-state index contributed by atoms with van der Waals surface area (Å²) in [5, 5.41) is 5.74. The fraction of sp³-hybridized carbons (Fsp3) is 0.154. The first-order valence-corrected chi connectivity index (χ1v) is 13.0. The van der Waals surface area contributed by atoms with Crippen molar-refractivity contribution in [3.05, 3.63) is 87.9 Å². The molecule has 0 fully saturated rings. The van der Waals surface area contributed by atoms with Crippen molar-refractivity contribution in [3.63, 3.8) is 0 Å². The molecular formula is C26H23BrN2O5S. The number of para-hydroxylation sites is 1. The van der Waals surface area contributed by atoms with Crippen LogP contribution >= 0.6 is 15.9 Å². The fourth-order valence-electron chi connectivity index (χ4n) is 3.47. The average molecular weight is 555 g/mol. The van der Waals surface area contributed by atoms with E-state index in [1.165, 1.54) is 17.1 Å². The first kappa shape index (κ1) is 24.7. The molecule has 7 nitrogen and oxygen atoms in total. The SMILES string of the molecule is CCOc1cc(/C=C2/C(=O)N(c3ccccc3)N=C2C)cc(Br)c1OS(=O)(=O)c1ccc(C)cc1. The first-order valence-electron chi connectivity index (χ1n) is 10.8. The molecule has 4 rings (SSSR count). The number of anilines is 1. The number of hydrogen-bond donors (Lipinski definition) is 0. The molecule has 35 heavy (non-hydrogen) atoms. The van der Waals surface area contributed by atoms with Crippen LogP contribution in [0.15, 0.2) is 86.8 Å². The van der Waals surface area contributed by atoms with E-state index in [2.05, 4.69) is 21.0 Å². The summed E-state index contributed by atoms with van der Waals surface area (Å²) in [6.07, 6.45) is 1.69. The predicted octanol–water partition coefficient (Wildman–Crippen LogP) is 5.73. The zero-order valence-electron chi connectivity index (χ0n) is 19.4. The number of carbonyl (C=O) groups is 1. The summed E-state index contributed by atoms with van der Waals surface area (Å²) in [6.45, 7) is 5.70. The maximum absolute atomic E-state index is 13.0. The Bertz CT molecular complexity index is 1430. The van der Waals surface area contributed by atoms with Gasteiger partial charge in [-0.1, -0.05) is 35.9 Å². The number of aryl methyl sites for hydroxylation is 1. The number of rotatable bonds is 7. The zero-order valence-corrected chi connectivity index (χ0v) is 21.8. The van der Waals surface area contributed by atoms with Crippen LogP contribution in [0, 0.1) is 6.92 Å². The summed E-state index contributed by atoms with van der Waals surface area (Å²) < 4.78 is 37.3. The van der Waals surface area contributed by atoms with Crippen molar-refractivity contribution >= 4 is 49.4 Å². The number of benzene rings is 3. The molecule has 0 saturated heterocycles. The van der Waals surface area contributed by atoms with Crippen LogP contribution in [0.3, 0.4) is 0 Å². The highest BCUT2D eigenvalue weighted by atomic mass is 79.9. The maximum atomic E-state index is 13.0. The van der Waals surface area contributed by atoms with Gasteiger partial charge in [-0.15, -0.1) is 0 Å². The minimum absolute atomic E-state index is 0.0311. The van der Waals surface area contributed by atoms with Crippen molar-refractivity contribution in [2.75, 3.05) is 11.6 Å². The van der Waals surface area contributed by atoms with E-state index in [1.807, 2.05) is 37.3 Å². The van der Waals surface area contributed by atoms with Crippen molar-refractivity contribution in [2.45, 2.75) is 25.7 Å². The Morgan fingerprint density at radius 3 is 2.37 bits per heavy atom. The maximum Gasteiger partial charge on any atom is 0.339 e. The molecule has 0 saturated carbocycles. The van der Waals surface area contributed by atoms with Gasteiger partial charge >= 0.3 is 10.1 Å². The second kappa shape index (κ2) is 10.1. The Hall–Kier alpha value is -3.43. The normalized spacial score (nSPS) is 14.9. The van der Waals surface area contributed by atoms with Gasteiger partial charge in [0, 0.05) is 0 Å². The lowest BCUT2D eigenvalue weighted by Gasteiger charge is -2.15. The molecule has 1 heterocycles. The third kappa shape index (κ3) is 5.31. The molecule has 9 heteroatoms. The first-order chi connectivity index (χ1) is 16.7. The van der Waals surface area contributed by atoms with Gasteiger partial charge < -0.3 is 8.92 Å². The minimum Gasteiger partial charge on any atom is -0.490 e. The molecule has 0 spiro atoms. The highest BCUT2D eigenvalue weighted by molar-refractivity contribution is 9.10. The second-order valence-corrected chi connectivity index (χ2v) is 10.2. The smallest absolute Gasteiger partial charge is 0.339 e. The molecule has 1 amide bonds. The number of carbonyl (C=O) groups excluding carboxylic acids is 1. The van der Waals surface area contributed by atoms with Crippen LogP contribution in [0.4, 0.5) is 5.69 Å². The Kier molecular flexibility index (Phi) is 7.09. The standard InChI is InChI=1S/C26H23BrN2O5S/c1-4-33-24-16-19(14-22-18(3)28-29(26(22)30)20-8-6-5-7-9-20)15-23(27)25(24)34-35(31,32)21-12-10-17(2)11-13-21/h5-16H,4H2,1-3H3/b22-14+. The van der Waals surface area contributed by atoms with Crippen molar-refractivity contribution < 1.29 is 22.1 Å². The lowest BCUT2D eigenvalue weighted by molar-refractivity contribution is -0.114. The summed E-state index contributed by atoms with van der Waals surface area (Å²) in [7, 11) is -4.09. The zero-order chi connectivity index (χ0) is 25.2. The van der Waals surface area contributed by atoms with Gasteiger partial charge in [-0.05, 0) is 84.7 Å². The van der Waals surface area contributed by atoms with Crippen LogP contribution in [-0.4, -0.2) is 26.6 Å². The molecule has 0 unspecified atom stereocenters. The monoisotopic (exact) mass is 554 g/mol. The molecule has 0 bridgehead atoms. The number of hydrazone groups is 1. The van der Waals surface area contributed by atoms with Crippen LogP contribution in [0.5, 0.6) is 11.5 Å². The van der Waals surface area contributed by atoms with Crippen LogP contribution in [0.25, 0.3) is 6.08 Å². The summed E-state index contributed by atoms with van der Waals surface area (Å²) >= 11 is 3.41. The molecule has 0 aromatic heterocycles. The summed E-state index contributed by atoms with van der Waals surface area (Å²) in [6, 6.07) is 18.8. The molecule has 1 aliphatic heterocycles. The summed E-state index contributed by atoms with van der Waals surface area (Å²) in [5.41, 5.74) is 3.21. The molecule has 3 aromatic carbocycles. The third-order valence-electron chi connectivity index (χ3n) is 5.21. The van der Waals surface area contributed by atoms with Gasteiger partial charge in [0.15, 0.2) is 11.5 Å². The largest absolute Gasteiger partial charge is 0.490 e. The van der Waals surface area contributed by atoms with Crippen molar-refractivity contribution in [2.24, 2.45) is 5.10 Å². The van der Waals surface area contributed by atoms with E-state index >= 15 is 0 Å². The van der Waals surface area contributed by atoms with Gasteiger partial charge in [0.1, 0.15) is 4.90 Å². The Morgan fingerprint density at radius 1 is 1.03 bits per heavy atom. The molecule has 0 aliphatic carbocycles. The molecule has 0 N–H and O–H groups in total. The van der Waals surface area contributed by atoms with Gasteiger partial charge in [0.25, 0.3) is 5.91 Å². The Balaban J connectivity index is 1.68. The number of nitrogens with zero attached hydrogens (tertiary/aromatic N) is 2. The van der Waals surface area contributed by atoms with Crippen LogP contribution in [0.1, 0.15) is 25.0 Å². The molecular weight excluding hydrogens is 532 g/mol. The van der Waals surface area contributed by atoms with Gasteiger partial charge in [0.05, 0.1) is 28.1 Å². The van der Waals surface area contributed by atoms with E-state index in [9.17, 15) is 13.2 Å². The summed E-state index contributed by atoms with van der Waals surface area (Å²) in [5.74, 6) is -0.00181. The lowest BCUT2D eigenvalue weighted by Crippen LogP contribution is -2.21. The number of hydrogen-bond acceptors (Lipinski definition) is 6. The topological polar surface area (TPSA) is 85.3 Å². The molecule has 180 valence electrons. The number of ether oxygens (including phenoxy) is 1. The number of amides is 1. The summed E-state index contributed by atoms with van der Waals surface area (Å²) in [4.78, 5) is 13.1. The van der Waals surface area contributed by atoms with Crippen LogP contribution < -0.4 is 13.9 Å². The van der Waals surface area contributed by atoms with E-state index in [0.29, 0.717) is 27.0 Å². The van der Waals surface area contributed by atoms with E-state index < -0.39 is 10.1 Å². The molecule has 1 aliphatic rings. The Morgan fingerprint density at radius 2 is 1.71 bits per heavy atom. The Labute approximate surface area is 212 Å². The van der Waals surface area contributed by atoms with Crippen molar-refractivity contribution in [3.8, 4) is 11.5 Å². The van der Waals surface area contributed by atoms with E-state index in [4.69, 9.17) is 8.92 Å².